The zero-order chi connectivity index (χ0) is 14.8. The van der Waals surface area contributed by atoms with Crippen LogP contribution in [-0.4, -0.2) is 39.7 Å². The minimum atomic E-state index is -0.269. The number of nitrogens with two attached hydrogens (primary N) is 1. The molecule has 0 radical (unpaired) electrons. The highest BCUT2D eigenvalue weighted by atomic mass is 127. The predicted molar refractivity (Wildman–Crippen MR) is 91.9 cm³/mol. The molecule has 112 valence electrons. The van der Waals surface area contributed by atoms with E-state index in [-0.39, 0.29) is 12.1 Å². The highest BCUT2D eigenvalue weighted by Gasteiger charge is 2.19. The number of aromatic nitrogens is 2. The van der Waals surface area contributed by atoms with Gasteiger partial charge in [0.15, 0.2) is 0 Å². The van der Waals surface area contributed by atoms with Crippen LogP contribution in [-0.2, 0) is 0 Å². The van der Waals surface area contributed by atoms with Crippen molar-refractivity contribution in [1.82, 2.24) is 15.3 Å². The lowest BCUT2D eigenvalue weighted by atomic mass is 10.2. The standard InChI is InChI=1S/C13H17IN6O/c14-7-16-13(21)19-12-17-10-2-1-9(5-11(10)18-12)20-4-3-8(15)6-20/h1-2,5,8H,3-4,6-7,15H2,(H3,16,17,18,19,21). The summed E-state index contributed by atoms with van der Waals surface area (Å²) < 4.78 is 0.545. The van der Waals surface area contributed by atoms with Gasteiger partial charge in [-0.1, -0.05) is 22.6 Å². The maximum Gasteiger partial charge on any atom is 0.322 e. The number of benzene rings is 1. The van der Waals surface area contributed by atoms with Gasteiger partial charge in [-0.3, -0.25) is 5.32 Å². The SMILES string of the molecule is NC1CCN(c2ccc3nc(NC(=O)NCI)[nH]c3c2)C1. The van der Waals surface area contributed by atoms with Crippen LogP contribution in [0.5, 0.6) is 0 Å². The van der Waals surface area contributed by atoms with Crippen molar-refractivity contribution in [3.63, 3.8) is 0 Å². The van der Waals surface area contributed by atoms with Crippen LogP contribution >= 0.6 is 22.6 Å². The minimum absolute atomic E-state index is 0.247. The number of halogens is 1. The van der Waals surface area contributed by atoms with Gasteiger partial charge in [0.05, 0.1) is 15.6 Å². The number of nitrogens with zero attached hydrogens (tertiary/aromatic N) is 2. The van der Waals surface area contributed by atoms with Gasteiger partial charge in [-0.05, 0) is 24.6 Å². The molecule has 7 nitrogen and oxygen atoms in total. The number of urea groups is 1. The Kier molecular flexibility index (Phi) is 4.15. The average molecular weight is 400 g/mol. The van der Waals surface area contributed by atoms with Gasteiger partial charge < -0.3 is 20.9 Å². The second-order valence-corrected chi connectivity index (χ2v) is 5.81. The zero-order valence-corrected chi connectivity index (χ0v) is 13.6. The van der Waals surface area contributed by atoms with Crippen molar-refractivity contribution in [2.24, 2.45) is 5.73 Å². The first-order chi connectivity index (χ1) is 10.2. The predicted octanol–water partition coefficient (Wildman–Crippen LogP) is 1.61. The highest BCUT2D eigenvalue weighted by molar-refractivity contribution is 14.1. The van der Waals surface area contributed by atoms with E-state index in [1.165, 1.54) is 0 Å². The van der Waals surface area contributed by atoms with Gasteiger partial charge in [0.25, 0.3) is 0 Å². The number of carbonyl (C=O) groups is 1. The Morgan fingerprint density at radius 1 is 1.57 bits per heavy atom. The van der Waals surface area contributed by atoms with E-state index in [0.29, 0.717) is 10.5 Å². The summed E-state index contributed by atoms with van der Waals surface area (Å²) >= 11 is 2.07. The third kappa shape index (κ3) is 3.21. The Bertz CT molecular complexity index is 657. The van der Waals surface area contributed by atoms with Crippen LogP contribution in [0.2, 0.25) is 0 Å². The Morgan fingerprint density at radius 3 is 3.14 bits per heavy atom. The van der Waals surface area contributed by atoms with E-state index in [0.717, 1.165) is 36.2 Å². The maximum atomic E-state index is 11.5. The lowest BCUT2D eigenvalue weighted by molar-refractivity contribution is 0.253. The van der Waals surface area contributed by atoms with E-state index in [4.69, 9.17) is 5.73 Å². The number of amides is 2. The van der Waals surface area contributed by atoms with E-state index in [1.54, 1.807) is 0 Å². The monoisotopic (exact) mass is 400 g/mol. The highest BCUT2D eigenvalue weighted by Crippen LogP contribution is 2.24. The Morgan fingerprint density at radius 2 is 2.43 bits per heavy atom. The third-order valence-corrected chi connectivity index (χ3v) is 3.90. The third-order valence-electron chi connectivity index (χ3n) is 3.51. The van der Waals surface area contributed by atoms with Crippen molar-refractivity contribution in [2.75, 3.05) is 27.9 Å². The van der Waals surface area contributed by atoms with Gasteiger partial charge in [-0.2, -0.15) is 0 Å². The molecule has 1 aliphatic rings. The molecule has 0 bridgehead atoms. The molecular formula is C13H17IN6O. The smallest absolute Gasteiger partial charge is 0.322 e. The normalized spacial score (nSPS) is 18.2. The van der Waals surface area contributed by atoms with Gasteiger partial charge in [0.1, 0.15) is 0 Å². The summed E-state index contributed by atoms with van der Waals surface area (Å²) in [5.74, 6) is 0.447. The number of hydrogen-bond acceptors (Lipinski definition) is 4. The van der Waals surface area contributed by atoms with Gasteiger partial charge in [0.2, 0.25) is 5.95 Å². The molecular weight excluding hydrogens is 383 g/mol. The Hall–Kier alpha value is -1.55. The van der Waals surface area contributed by atoms with Crippen molar-refractivity contribution >= 4 is 51.3 Å². The summed E-state index contributed by atoms with van der Waals surface area (Å²) in [5, 5.41) is 5.33. The molecule has 1 aliphatic heterocycles. The molecule has 2 heterocycles. The number of aromatic amines is 1. The first-order valence-electron chi connectivity index (χ1n) is 6.77. The number of hydrogen-bond donors (Lipinski definition) is 4. The van der Waals surface area contributed by atoms with Crippen LogP contribution in [0.3, 0.4) is 0 Å². The molecule has 1 fully saturated rings. The molecule has 1 atom stereocenters. The fourth-order valence-corrected chi connectivity index (χ4v) is 2.83. The molecule has 8 heteroatoms. The topological polar surface area (TPSA) is 99.1 Å². The first-order valence-corrected chi connectivity index (χ1v) is 8.29. The summed E-state index contributed by atoms with van der Waals surface area (Å²) in [6, 6.07) is 6.01. The van der Waals surface area contributed by atoms with E-state index in [2.05, 4.69) is 48.1 Å². The summed E-state index contributed by atoms with van der Waals surface area (Å²) in [7, 11) is 0. The number of alkyl halides is 1. The van der Waals surface area contributed by atoms with E-state index in [9.17, 15) is 4.79 Å². The van der Waals surface area contributed by atoms with Crippen molar-refractivity contribution < 1.29 is 4.79 Å². The van der Waals surface area contributed by atoms with Crippen LogP contribution < -0.4 is 21.3 Å². The number of nitrogens with one attached hydrogen (secondary N) is 3. The molecule has 0 saturated carbocycles. The molecule has 1 aromatic carbocycles. The van der Waals surface area contributed by atoms with Gasteiger partial charge >= 0.3 is 6.03 Å². The molecule has 0 spiro atoms. The van der Waals surface area contributed by atoms with Gasteiger partial charge in [-0.25, -0.2) is 9.78 Å². The van der Waals surface area contributed by atoms with Crippen LogP contribution in [0.4, 0.5) is 16.4 Å². The number of fused-ring (bicyclic) bond motifs is 1. The quantitative estimate of drug-likeness (QED) is 0.358. The number of carbonyl (C=O) groups excluding carboxylic acids is 1. The largest absolute Gasteiger partial charge is 0.370 e. The number of rotatable bonds is 3. The lowest BCUT2D eigenvalue weighted by Gasteiger charge is -2.17. The maximum absolute atomic E-state index is 11.5. The van der Waals surface area contributed by atoms with E-state index in [1.807, 2.05) is 18.2 Å². The fourth-order valence-electron chi connectivity index (χ4n) is 2.49. The molecule has 5 N–H and O–H groups in total. The van der Waals surface area contributed by atoms with Crippen molar-refractivity contribution in [1.29, 1.82) is 0 Å². The molecule has 3 rings (SSSR count). The van der Waals surface area contributed by atoms with E-state index < -0.39 is 0 Å². The fraction of sp³-hybridized carbons (Fsp3) is 0.385. The summed E-state index contributed by atoms with van der Waals surface area (Å²) in [6.45, 7) is 1.85. The second kappa shape index (κ2) is 6.06. The van der Waals surface area contributed by atoms with Crippen molar-refractivity contribution in [2.45, 2.75) is 12.5 Å². The second-order valence-electron chi connectivity index (χ2n) is 5.05. The molecule has 0 aliphatic carbocycles. The van der Waals surface area contributed by atoms with Crippen LogP contribution in [0.1, 0.15) is 6.42 Å². The Balaban J connectivity index is 1.80. The summed E-state index contributed by atoms with van der Waals surface area (Å²) in [6.07, 6.45) is 1.02. The van der Waals surface area contributed by atoms with Crippen molar-refractivity contribution in [3.8, 4) is 0 Å². The molecule has 2 aromatic rings. The number of anilines is 2. The van der Waals surface area contributed by atoms with Crippen LogP contribution in [0, 0.1) is 0 Å². The average Bonchev–Trinajstić information content (AvgIpc) is 3.03. The summed E-state index contributed by atoms with van der Waals surface area (Å²) in [5.41, 5.74) is 8.80. The van der Waals surface area contributed by atoms with E-state index >= 15 is 0 Å². The van der Waals surface area contributed by atoms with Crippen LogP contribution in [0.15, 0.2) is 18.2 Å². The van der Waals surface area contributed by atoms with Crippen LogP contribution in [0.25, 0.3) is 11.0 Å². The van der Waals surface area contributed by atoms with Gasteiger partial charge in [0, 0.05) is 24.8 Å². The van der Waals surface area contributed by atoms with Gasteiger partial charge in [-0.15, -0.1) is 0 Å². The molecule has 1 unspecified atom stereocenters. The molecule has 1 saturated heterocycles. The molecule has 1 aromatic heterocycles. The number of imidazole rings is 1. The minimum Gasteiger partial charge on any atom is -0.370 e. The Labute approximate surface area is 135 Å². The first kappa shape index (κ1) is 14.4. The molecule has 2 amide bonds. The van der Waals surface area contributed by atoms with Crippen molar-refractivity contribution in [3.05, 3.63) is 18.2 Å². The number of H-pyrrole nitrogens is 1. The molecule has 21 heavy (non-hydrogen) atoms. The zero-order valence-electron chi connectivity index (χ0n) is 11.4. The summed E-state index contributed by atoms with van der Waals surface area (Å²) in [4.78, 5) is 21.2. The lowest BCUT2D eigenvalue weighted by Crippen LogP contribution is -2.27.